The lowest BCUT2D eigenvalue weighted by Crippen LogP contribution is -2.01. The molecule has 0 fully saturated rings. The van der Waals surface area contributed by atoms with Gasteiger partial charge in [-0.05, 0) is 32.0 Å². The highest BCUT2D eigenvalue weighted by atomic mass is 35.5. The molecule has 0 unspecified atom stereocenters. The zero-order chi connectivity index (χ0) is 11.7. The zero-order valence-corrected chi connectivity index (χ0v) is 10.5. The number of nitrogens with zero attached hydrogens (tertiary/aromatic N) is 3. The first-order valence-corrected chi connectivity index (χ1v) is 5.70. The van der Waals surface area contributed by atoms with Gasteiger partial charge < -0.3 is 4.57 Å². The molecule has 16 heavy (non-hydrogen) atoms. The fourth-order valence-corrected chi connectivity index (χ4v) is 1.98. The summed E-state index contributed by atoms with van der Waals surface area (Å²) in [5, 5.41) is 9.19. The van der Waals surface area contributed by atoms with Crippen molar-refractivity contribution in [2.24, 2.45) is 0 Å². The van der Waals surface area contributed by atoms with E-state index in [-0.39, 0.29) is 6.04 Å². The SMILES string of the molecule is CC(C)n1cnnc1-c1ccc(Cl)cc1Cl. The summed E-state index contributed by atoms with van der Waals surface area (Å²) < 4.78 is 1.97. The van der Waals surface area contributed by atoms with Gasteiger partial charge in [-0.15, -0.1) is 10.2 Å². The molecule has 2 aromatic rings. The van der Waals surface area contributed by atoms with E-state index in [1.165, 1.54) is 0 Å². The molecule has 0 aliphatic rings. The zero-order valence-electron chi connectivity index (χ0n) is 8.98. The van der Waals surface area contributed by atoms with E-state index < -0.39 is 0 Å². The van der Waals surface area contributed by atoms with Gasteiger partial charge in [-0.1, -0.05) is 23.2 Å². The van der Waals surface area contributed by atoms with Crippen LogP contribution in [0.15, 0.2) is 24.5 Å². The third kappa shape index (κ3) is 2.06. The molecule has 2 rings (SSSR count). The molecule has 84 valence electrons. The van der Waals surface area contributed by atoms with E-state index in [1.54, 1.807) is 18.5 Å². The monoisotopic (exact) mass is 255 g/mol. The standard InChI is InChI=1S/C11H11Cl2N3/c1-7(2)16-6-14-15-11(16)9-4-3-8(12)5-10(9)13/h3-7H,1-2H3. The number of aromatic nitrogens is 3. The Kier molecular flexibility index (Phi) is 3.17. The van der Waals surface area contributed by atoms with Gasteiger partial charge in [0.1, 0.15) is 6.33 Å². The summed E-state index contributed by atoms with van der Waals surface area (Å²) in [5.74, 6) is 0.761. The average molecular weight is 256 g/mol. The van der Waals surface area contributed by atoms with Gasteiger partial charge in [-0.3, -0.25) is 0 Å². The highest BCUT2D eigenvalue weighted by Gasteiger charge is 2.12. The molecule has 0 spiro atoms. The van der Waals surface area contributed by atoms with E-state index in [0.29, 0.717) is 10.0 Å². The second-order valence-electron chi connectivity index (χ2n) is 3.78. The van der Waals surface area contributed by atoms with Gasteiger partial charge in [-0.25, -0.2) is 0 Å². The summed E-state index contributed by atoms with van der Waals surface area (Å²) in [5.41, 5.74) is 0.845. The number of rotatable bonds is 2. The first-order valence-electron chi connectivity index (χ1n) is 4.94. The highest BCUT2D eigenvalue weighted by molar-refractivity contribution is 6.36. The molecular weight excluding hydrogens is 245 g/mol. The molecule has 0 aliphatic carbocycles. The third-order valence-electron chi connectivity index (χ3n) is 2.30. The van der Waals surface area contributed by atoms with Crippen LogP contribution in [-0.4, -0.2) is 14.8 Å². The lowest BCUT2D eigenvalue weighted by Gasteiger charge is -2.10. The molecule has 0 saturated heterocycles. The maximum Gasteiger partial charge on any atom is 0.165 e. The van der Waals surface area contributed by atoms with Crippen molar-refractivity contribution in [1.29, 1.82) is 0 Å². The first kappa shape index (κ1) is 11.4. The highest BCUT2D eigenvalue weighted by Crippen LogP contribution is 2.29. The first-order chi connectivity index (χ1) is 7.59. The number of benzene rings is 1. The number of hydrogen-bond acceptors (Lipinski definition) is 2. The van der Waals surface area contributed by atoms with Crippen molar-refractivity contribution in [2.45, 2.75) is 19.9 Å². The van der Waals surface area contributed by atoms with E-state index in [2.05, 4.69) is 24.0 Å². The number of hydrogen-bond donors (Lipinski definition) is 0. The smallest absolute Gasteiger partial charge is 0.165 e. The molecule has 0 N–H and O–H groups in total. The minimum Gasteiger partial charge on any atom is -0.311 e. The maximum atomic E-state index is 6.13. The summed E-state index contributed by atoms with van der Waals surface area (Å²) in [6, 6.07) is 5.64. The van der Waals surface area contributed by atoms with Gasteiger partial charge in [0.25, 0.3) is 0 Å². The van der Waals surface area contributed by atoms with Crippen LogP contribution in [0, 0.1) is 0 Å². The largest absolute Gasteiger partial charge is 0.311 e. The lowest BCUT2D eigenvalue weighted by molar-refractivity contribution is 0.604. The maximum absolute atomic E-state index is 6.13. The molecule has 0 atom stereocenters. The molecule has 0 saturated carbocycles. The van der Waals surface area contributed by atoms with E-state index in [1.807, 2.05) is 10.6 Å². The van der Waals surface area contributed by atoms with Crippen LogP contribution in [0.1, 0.15) is 19.9 Å². The summed E-state index contributed by atoms with van der Waals surface area (Å²) in [4.78, 5) is 0. The molecule has 1 heterocycles. The van der Waals surface area contributed by atoms with Crippen LogP contribution in [0.25, 0.3) is 11.4 Å². The topological polar surface area (TPSA) is 30.7 Å². The fraction of sp³-hybridized carbons (Fsp3) is 0.273. The predicted molar refractivity (Wildman–Crippen MR) is 65.9 cm³/mol. The van der Waals surface area contributed by atoms with Crippen LogP contribution in [0.5, 0.6) is 0 Å². The van der Waals surface area contributed by atoms with Crippen LogP contribution in [-0.2, 0) is 0 Å². The van der Waals surface area contributed by atoms with E-state index >= 15 is 0 Å². The molecular formula is C11H11Cl2N3. The van der Waals surface area contributed by atoms with Gasteiger partial charge in [-0.2, -0.15) is 0 Å². The normalized spacial score (nSPS) is 11.1. The second kappa shape index (κ2) is 4.44. The fourth-order valence-electron chi connectivity index (χ4n) is 1.48. The van der Waals surface area contributed by atoms with Crippen molar-refractivity contribution >= 4 is 23.2 Å². The summed E-state index contributed by atoms with van der Waals surface area (Å²) in [6.07, 6.45) is 1.70. The van der Waals surface area contributed by atoms with Gasteiger partial charge in [0.2, 0.25) is 0 Å². The van der Waals surface area contributed by atoms with Gasteiger partial charge in [0.15, 0.2) is 5.82 Å². The minimum absolute atomic E-state index is 0.289. The van der Waals surface area contributed by atoms with Crippen LogP contribution in [0.2, 0.25) is 10.0 Å². The number of halogens is 2. The average Bonchev–Trinajstić information content (AvgIpc) is 2.66. The third-order valence-corrected chi connectivity index (χ3v) is 2.85. The Hall–Kier alpha value is -1.06. The van der Waals surface area contributed by atoms with E-state index in [4.69, 9.17) is 23.2 Å². The molecule has 1 aromatic heterocycles. The second-order valence-corrected chi connectivity index (χ2v) is 4.62. The van der Waals surface area contributed by atoms with Gasteiger partial charge >= 0.3 is 0 Å². The van der Waals surface area contributed by atoms with E-state index in [0.717, 1.165) is 11.4 Å². The van der Waals surface area contributed by atoms with Crippen LogP contribution in [0.3, 0.4) is 0 Å². The minimum atomic E-state index is 0.289. The summed E-state index contributed by atoms with van der Waals surface area (Å²) in [6.45, 7) is 4.13. The van der Waals surface area contributed by atoms with E-state index in [9.17, 15) is 0 Å². The Bertz CT molecular complexity index is 506. The Morgan fingerprint density at radius 2 is 2.00 bits per heavy atom. The van der Waals surface area contributed by atoms with Crippen molar-refractivity contribution in [3.63, 3.8) is 0 Å². The molecule has 0 amide bonds. The molecule has 0 radical (unpaired) electrons. The Morgan fingerprint density at radius 1 is 1.25 bits per heavy atom. The van der Waals surface area contributed by atoms with Crippen LogP contribution >= 0.6 is 23.2 Å². The van der Waals surface area contributed by atoms with Crippen molar-refractivity contribution in [3.8, 4) is 11.4 Å². The lowest BCUT2D eigenvalue weighted by atomic mass is 10.2. The Morgan fingerprint density at radius 3 is 2.62 bits per heavy atom. The summed E-state index contributed by atoms with van der Waals surface area (Å²) >= 11 is 12.0. The predicted octanol–water partition coefficient (Wildman–Crippen LogP) is 3.83. The van der Waals surface area contributed by atoms with Gasteiger partial charge in [0, 0.05) is 16.6 Å². The molecule has 5 heteroatoms. The van der Waals surface area contributed by atoms with Crippen molar-refractivity contribution in [2.75, 3.05) is 0 Å². The van der Waals surface area contributed by atoms with Crippen LogP contribution < -0.4 is 0 Å². The van der Waals surface area contributed by atoms with Crippen molar-refractivity contribution in [3.05, 3.63) is 34.6 Å². The van der Waals surface area contributed by atoms with Crippen LogP contribution in [0.4, 0.5) is 0 Å². The van der Waals surface area contributed by atoms with Crippen molar-refractivity contribution in [1.82, 2.24) is 14.8 Å². The Balaban J connectivity index is 2.54. The Labute approximate surface area is 104 Å². The quantitative estimate of drug-likeness (QED) is 0.817. The molecule has 0 aliphatic heterocycles. The molecule has 3 nitrogen and oxygen atoms in total. The van der Waals surface area contributed by atoms with Crippen molar-refractivity contribution < 1.29 is 0 Å². The molecule has 1 aromatic carbocycles. The van der Waals surface area contributed by atoms with Gasteiger partial charge in [0.05, 0.1) is 5.02 Å². The summed E-state index contributed by atoms with van der Waals surface area (Å²) in [7, 11) is 0. The molecule has 0 bridgehead atoms.